The van der Waals surface area contributed by atoms with Gasteiger partial charge in [-0.05, 0) is 30.3 Å². The van der Waals surface area contributed by atoms with Crippen LogP contribution < -0.4 is 10.6 Å². The molecule has 5 nitrogen and oxygen atoms in total. The summed E-state index contributed by atoms with van der Waals surface area (Å²) in [6.07, 6.45) is 0. The maximum absolute atomic E-state index is 13.5. The van der Waals surface area contributed by atoms with Crippen LogP contribution >= 0.6 is 38.9 Å². The number of halogens is 4. The van der Waals surface area contributed by atoms with Gasteiger partial charge in [0.1, 0.15) is 5.82 Å². The van der Waals surface area contributed by atoms with Gasteiger partial charge < -0.3 is 5.32 Å². The monoisotopic (exact) mass is 485 g/mol. The first-order valence-corrected chi connectivity index (χ1v) is 9.86. The largest absolute Gasteiger partial charge is 0.322 e. The minimum atomic E-state index is -2.33. The van der Waals surface area contributed by atoms with E-state index in [9.17, 15) is 18.4 Å². The molecule has 0 aliphatic rings. The molecule has 0 aliphatic carbocycles. The van der Waals surface area contributed by atoms with Gasteiger partial charge in [-0.15, -0.1) is 11.3 Å². The summed E-state index contributed by atoms with van der Waals surface area (Å²) in [7, 11) is 0. The van der Waals surface area contributed by atoms with Gasteiger partial charge >= 0.3 is 0 Å². The van der Waals surface area contributed by atoms with Gasteiger partial charge in [0.25, 0.3) is 17.4 Å². The second kappa shape index (κ2) is 8.76. The fourth-order valence-corrected chi connectivity index (χ4v) is 3.29. The molecule has 0 saturated heterocycles. The minimum absolute atomic E-state index is 0.0625. The topological polar surface area (TPSA) is 71.1 Å². The number of hydrogen-bond donors (Lipinski definition) is 2. The molecule has 0 fully saturated rings. The lowest BCUT2D eigenvalue weighted by Gasteiger charge is -2.10. The van der Waals surface area contributed by atoms with Crippen molar-refractivity contribution in [3.8, 4) is 11.3 Å². The highest BCUT2D eigenvalue weighted by molar-refractivity contribution is 9.10. The van der Waals surface area contributed by atoms with E-state index in [2.05, 4.69) is 31.5 Å². The molecule has 2 N–H and O–H groups in total. The summed E-state index contributed by atoms with van der Waals surface area (Å²) in [4.78, 5) is 28.3. The van der Waals surface area contributed by atoms with E-state index in [0.29, 0.717) is 10.8 Å². The maximum Gasteiger partial charge on any atom is 0.274 e. The van der Waals surface area contributed by atoms with Crippen LogP contribution in [0.25, 0.3) is 11.3 Å². The lowest BCUT2D eigenvalue weighted by Crippen LogP contribution is -2.22. The van der Waals surface area contributed by atoms with Gasteiger partial charge in [-0.25, -0.2) is 13.8 Å². The van der Waals surface area contributed by atoms with Crippen molar-refractivity contribution in [3.63, 3.8) is 0 Å². The molecule has 2 aromatic carbocycles. The molecule has 1 unspecified atom stereocenters. The summed E-state index contributed by atoms with van der Waals surface area (Å²) in [6.45, 7) is 0. The standard InChI is InChI=1S/C18H11BrClF2N3O2S/c19-10-3-1-9(2-4-10)14-8-28-18(24-14)25-16(26)12-6-5-11(21)7-13(12)23-17(27)15(20)22/h1-8,15H,(H,23,27)(H,24,25,26). The molecule has 0 bridgehead atoms. The lowest BCUT2D eigenvalue weighted by molar-refractivity contribution is -0.118. The Balaban J connectivity index is 1.80. The second-order valence-corrected chi connectivity index (χ2v) is 7.64. The third-order valence-corrected chi connectivity index (χ3v) is 5.03. The number of carbonyl (C=O) groups is 2. The first kappa shape index (κ1) is 20.4. The smallest absolute Gasteiger partial charge is 0.274 e. The number of carbonyl (C=O) groups excluding carboxylic acids is 2. The Hall–Kier alpha value is -2.36. The molecular formula is C18H11BrClF2N3O2S. The Morgan fingerprint density at radius 1 is 1.14 bits per heavy atom. The number of amides is 2. The molecule has 10 heteroatoms. The van der Waals surface area contributed by atoms with E-state index < -0.39 is 23.3 Å². The number of nitrogens with one attached hydrogen (secondary N) is 2. The summed E-state index contributed by atoms with van der Waals surface area (Å²) >= 11 is 9.62. The van der Waals surface area contributed by atoms with Crippen LogP contribution in [0.1, 0.15) is 10.4 Å². The Morgan fingerprint density at radius 3 is 2.54 bits per heavy atom. The van der Waals surface area contributed by atoms with Gasteiger partial charge in [0.2, 0.25) is 0 Å². The quantitative estimate of drug-likeness (QED) is 0.472. The molecule has 28 heavy (non-hydrogen) atoms. The summed E-state index contributed by atoms with van der Waals surface area (Å²) in [5.41, 5.74) is -1.05. The van der Waals surface area contributed by atoms with Crippen LogP contribution in [0.4, 0.5) is 19.6 Å². The van der Waals surface area contributed by atoms with Crippen molar-refractivity contribution in [3.05, 3.63) is 63.7 Å². The van der Waals surface area contributed by atoms with Crippen molar-refractivity contribution < 1.29 is 18.4 Å². The molecule has 0 spiro atoms. The molecule has 1 heterocycles. The molecule has 0 saturated carbocycles. The third kappa shape index (κ3) is 4.92. The third-order valence-electron chi connectivity index (χ3n) is 3.55. The van der Waals surface area contributed by atoms with Crippen LogP contribution in [0.15, 0.2) is 52.3 Å². The molecule has 144 valence electrons. The molecule has 0 radical (unpaired) electrons. The zero-order chi connectivity index (χ0) is 20.3. The predicted molar refractivity (Wildman–Crippen MR) is 109 cm³/mol. The molecule has 3 rings (SSSR count). The van der Waals surface area contributed by atoms with Crippen LogP contribution in [0.5, 0.6) is 0 Å². The number of thiazole rings is 1. The zero-order valence-electron chi connectivity index (χ0n) is 13.9. The zero-order valence-corrected chi connectivity index (χ0v) is 17.0. The lowest BCUT2D eigenvalue weighted by atomic mass is 10.1. The van der Waals surface area contributed by atoms with E-state index in [0.717, 1.165) is 22.2 Å². The number of aromatic nitrogens is 1. The normalized spacial score (nSPS) is 11.7. The number of benzene rings is 2. The van der Waals surface area contributed by atoms with Gasteiger partial charge in [0, 0.05) is 15.4 Å². The fraction of sp³-hybridized carbons (Fsp3) is 0.0556. The highest BCUT2D eigenvalue weighted by Crippen LogP contribution is 2.27. The predicted octanol–water partition coefficient (Wildman–Crippen LogP) is 5.44. The van der Waals surface area contributed by atoms with Gasteiger partial charge in [-0.1, -0.05) is 39.7 Å². The van der Waals surface area contributed by atoms with Crippen molar-refractivity contribution in [1.82, 2.24) is 4.98 Å². The van der Waals surface area contributed by atoms with Crippen LogP contribution in [0, 0.1) is 5.82 Å². The number of hydrogen-bond acceptors (Lipinski definition) is 4. The van der Waals surface area contributed by atoms with E-state index in [1.807, 2.05) is 24.3 Å². The molecule has 1 atom stereocenters. The van der Waals surface area contributed by atoms with Crippen molar-refractivity contribution in [1.29, 1.82) is 0 Å². The van der Waals surface area contributed by atoms with E-state index in [-0.39, 0.29) is 11.3 Å². The van der Waals surface area contributed by atoms with Crippen molar-refractivity contribution >= 4 is 61.5 Å². The van der Waals surface area contributed by atoms with Crippen LogP contribution in [-0.4, -0.2) is 22.4 Å². The number of alkyl halides is 2. The average molecular weight is 487 g/mol. The minimum Gasteiger partial charge on any atom is -0.322 e. The number of rotatable bonds is 5. The molecule has 1 aromatic heterocycles. The highest BCUT2D eigenvalue weighted by Gasteiger charge is 2.19. The Bertz CT molecular complexity index is 1030. The Kier molecular flexibility index (Phi) is 6.38. The molecular weight excluding hydrogens is 476 g/mol. The summed E-state index contributed by atoms with van der Waals surface area (Å²) in [5, 5.41) is 6.75. The average Bonchev–Trinajstić information content (AvgIpc) is 3.10. The fourth-order valence-electron chi connectivity index (χ4n) is 2.25. The summed E-state index contributed by atoms with van der Waals surface area (Å²) in [6, 6.07) is 10.6. The van der Waals surface area contributed by atoms with E-state index in [4.69, 9.17) is 11.6 Å². The van der Waals surface area contributed by atoms with E-state index >= 15 is 0 Å². The first-order valence-electron chi connectivity index (χ1n) is 7.75. The molecule has 0 aliphatic heterocycles. The van der Waals surface area contributed by atoms with Gasteiger partial charge in [-0.2, -0.15) is 0 Å². The van der Waals surface area contributed by atoms with Crippen molar-refractivity contribution in [2.45, 2.75) is 5.63 Å². The van der Waals surface area contributed by atoms with Gasteiger partial charge in [0.05, 0.1) is 16.9 Å². The number of anilines is 2. The second-order valence-electron chi connectivity index (χ2n) is 5.48. The maximum atomic E-state index is 13.5. The summed E-state index contributed by atoms with van der Waals surface area (Å²) < 4.78 is 27.3. The van der Waals surface area contributed by atoms with Crippen molar-refractivity contribution in [2.75, 3.05) is 10.6 Å². The molecule has 2 amide bonds. The molecule has 3 aromatic rings. The van der Waals surface area contributed by atoms with Crippen molar-refractivity contribution in [2.24, 2.45) is 0 Å². The Morgan fingerprint density at radius 2 is 1.86 bits per heavy atom. The van der Waals surface area contributed by atoms with E-state index in [1.54, 1.807) is 5.38 Å². The number of nitrogens with zero attached hydrogens (tertiary/aromatic N) is 1. The SMILES string of the molecule is O=C(Nc1nc(-c2ccc(Br)cc2)cs1)c1ccc(F)cc1NC(=O)C(F)Cl. The van der Waals surface area contributed by atoms with Crippen LogP contribution in [0.2, 0.25) is 0 Å². The summed E-state index contributed by atoms with van der Waals surface area (Å²) in [5.74, 6) is -2.55. The van der Waals surface area contributed by atoms with Crippen LogP contribution in [0.3, 0.4) is 0 Å². The highest BCUT2D eigenvalue weighted by atomic mass is 79.9. The van der Waals surface area contributed by atoms with Gasteiger partial charge in [0.15, 0.2) is 5.13 Å². The van der Waals surface area contributed by atoms with E-state index in [1.165, 1.54) is 17.4 Å². The van der Waals surface area contributed by atoms with Crippen LogP contribution in [-0.2, 0) is 4.79 Å². The van der Waals surface area contributed by atoms with Gasteiger partial charge in [-0.3, -0.25) is 14.9 Å². The Labute approximate surface area is 175 Å². The first-order chi connectivity index (χ1) is 13.3.